The number of carbonyl (C=O) groups is 1. The molecule has 0 amide bonds. The standard InChI is InChI=1S/C13H13BrO/c14-12-7-5-10(6-8-12)9-11-3-1-2-4-13(11)15/h5-9H,1-4H2. The van der Waals surface area contributed by atoms with Gasteiger partial charge in [0.15, 0.2) is 5.78 Å². The zero-order valence-corrected chi connectivity index (χ0v) is 10.1. The summed E-state index contributed by atoms with van der Waals surface area (Å²) in [5.74, 6) is 0.323. The minimum atomic E-state index is 0.323. The van der Waals surface area contributed by atoms with Gasteiger partial charge in [0.2, 0.25) is 0 Å². The number of halogens is 1. The smallest absolute Gasteiger partial charge is 0.158 e. The molecule has 1 fully saturated rings. The molecule has 0 aromatic heterocycles. The molecule has 0 saturated heterocycles. The van der Waals surface area contributed by atoms with Gasteiger partial charge in [0.1, 0.15) is 0 Å². The number of hydrogen-bond donors (Lipinski definition) is 0. The van der Waals surface area contributed by atoms with Crippen LogP contribution in [0.1, 0.15) is 31.2 Å². The SMILES string of the molecule is O=C1CCCCC1=Cc1ccc(Br)cc1. The second-order valence-corrected chi connectivity index (χ2v) is 4.77. The van der Waals surface area contributed by atoms with Crippen molar-refractivity contribution in [2.45, 2.75) is 25.7 Å². The van der Waals surface area contributed by atoms with Crippen LogP contribution in [0.25, 0.3) is 6.08 Å². The lowest BCUT2D eigenvalue weighted by Crippen LogP contribution is -2.07. The maximum Gasteiger partial charge on any atom is 0.158 e. The predicted molar refractivity (Wildman–Crippen MR) is 65.6 cm³/mol. The van der Waals surface area contributed by atoms with Crippen LogP contribution < -0.4 is 0 Å². The lowest BCUT2D eigenvalue weighted by atomic mass is 9.92. The van der Waals surface area contributed by atoms with E-state index in [2.05, 4.69) is 15.9 Å². The van der Waals surface area contributed by atoms with E-state index >= 15 is 0 Å². The van der Waals surface area contributed by atoms with E-state index in [0.717, 1.165) is 41.3 Å². The van der Waals surface area contributed by atoms with Crippen molar-refractivity contribution < 1.29 is 4.79 Å². The minimum Gasteiger partial charge on any atom is -0.295 e. The van der Waals surface area contributed by atoms with Gasteiger partial charge in [0.25, 0.3) is 0 Å². The van der Waals surface area contributed by atoms with Crippen LogP contribution >= 0.6 is 15.9 Å². The van der Waals surface area contributed by atoms with Crippen LogP contribution in [-0.2, 0) is 4.79 Å². The molecular formula is C13H13BrO. The third kappa shape index (κ3) is 2.78. The molecule has 15 heavy (non-hydrogen) atoms. The number of ketones is 1. The molecule has 1 nitrogen and oxygen atoms in total. The summed E-state index contributed by atoms with van der Waals surface area (Å²) >= 11 is 3.39. The highest BCUT2D eigenvalue weighted by Gasteiger charge is 2.14. The van der Waals surface area contributed by atoms with E-state index in [9.17, 15) is 4.79 Å². The summed E-state index contributed by atoms with van der Waals surface area (Å²) in [6, 6.07) is 8.05. The first kappa shape index (κ1) is 10.6. The van der Waals surface area contributed by atoms with Gasteiger partial charge in [-0.15, -0.1) is 0 Å². The maximum absolute atomic E-state index is 11.6. The van der Waals surface area contributed by atoms with E-state index in [1.54, 1.807) is 0 Å². The molecule has 2 heteroatoms. The summed E-state index contributed by atoms with van der Waals surface area (Å²) < 4.78 is 1.07. The molecule has 1 aliphatic rings. The van der Waals surface area contributed by atoms with Crippen molar-refractivity contribution in [1.82, 2.24) is 0 Å². The Labute approximate surface area is 98.3 Å². The molecule has 0 spiro atoms. The summed E-state index contributed by atoms with van der Waals surface area (Å²) in [4.78, 5) is 11.6. The van der Waals surface area contributed by atoms with Crippen LogP contribution in [0.4, 0.5) is 0 Å². The van der Waals surface area contributed by atoms with Crippen LogP contribution in [0.3, 0.4) is 0 Å². The Morgan fingerprint density at radius 3 is 2.40 bits per heavy atom. The maximum atomic E-state index is 11.6. The Morgan fingerprint density at radius 2 is 1.73 bits per heavy atom. The van der Waals surface area contributed by atoms with E-state index in [-0.39, 0.29) is 0 Å². The van der Waals surface area contributed by atoms with Gasteiger partial charge in [-0.05, 0) is 48.6 Å². The van der Waals surface area contributed by atoms with Gasteiger partial charge in [-0.25, -0.2) is 0 Å². The van der Waals surface area contributed by atoms with E-state index in [0.29, 0.717) is 5.78 Å². The molecule has 0 bridgehead atoms. The molecule has 1 aromatic rings. The second kappa shape index (κ2) is 4.75. The molecule has 2 rings (SSSR count). The van der Waals surface area contributed by atoms with Gasteiger partial charge in [-0.1, -0.05) is 28.1 Å². The number of allylic oxidation sites excluding steroid dienone is 1. The van der Waals surface area contributed by atoms with Crippen molar-refractivity contribution >= 4 is 27.8 Å². The normalized spacial score (nSPS) is 19.5. The van der Waals surface area contributed by atoms with Crippen LogP contribution in [0.5, 0.6) is 0 Å². The van der Waals surface area contributed by atoms with E-state index in [1.165, 1.54) is 0 Å². The molecule has 0 radical (unpaired) electrons. The highest BCUT2D eigenvalue weighted by Crippen LogP contribution is 2.22. The molecule has 1 saturated carbocycles. The molecule has 1 aliphatic carbocycles. The van der Waals surface area contributed by atoms with Gasteiger partial charge in [0, 0.05) is 10.9 Å². The summed E-state index contributed by atoms with van der Waals surface area (Å²) in [5.41, 5.74) is 2.10. The predicted octanol–water partition coefficient (Wildman–Crippen LogP) is 3.98. The highest BCUT2D eigenvalue weighted by atomic mass is 79.9. The lowest BCUT2D eigenvalue weighted by Gasteiger charge is -2.12. The number of benzene rings is 1. The first-order valence-electron chi connectivity index (χ1n) is 5.25. The average Bonchev–Trinajstić information content (AvgIpc) is 2.25. The van der Waals surface area contributed by atoms with E-state index in [4.69, 9.17) is 0 Å². The third-order valence-electron chi connectivity index (χ3n) is 2.67. The number of hydrogen-bond acceptors (Lipinski definition) is 1. The van der Waals surface area contributed by atoms with Gasteiger partial charge in [-0.3, -0.25) is 4.79 Å². The zero-order chi connectivity index (χ0) is 10.7. The number of Topliss-reactive ketones (excluding diaryl/α,β-unsaturated/α-hetero) is 1. The van der Waals surface area contributed by atoms with Crippen LogP contribution in [0.2, 0.25) is 0 Å². The fourth-order valence-corrected chi connectivity index (χ4v) is 2.08. The molecule has 0 N–H and O–H groups in total. The van der Waals surface area contributed by atoms with E-state index in [1.807, 2.05) is 30.3 Å². The molecule has 0 atom stereocenters. The monoisotopic (exact) mass is 264 g/mol. The molecular weight excluding hydrogens is 252 g/mol. The zero-order valence-electron chi connectivity index (χ0n) is 8.50. The first-order chi connectivity index (χ1) is 7.25. The molecule has 78 valence electrons. The third-order valence-corrected chi connectivity index (χ3v) is 3.20. The Hall–Kier alpha value is -0.890. The second-order valence-electron chi connectivity index (χ2n) is 3.85. The summed E-state index contributed by atoms with van der Waals surface area (Å²) in [5, 5.41) is 0. The quantitative estimate of drug-likeness (QED) is 0.702. The van der Waals surface area contributed by atoms with E-state index < -0.39 is 0 Å². The Kier molecular flexibility index (Phi) is 3.37. The Balaban J connectivity index is 2.21. The van der Waals surface area contributed by atoms with Crippen molar-refractivity contribution in [1.29, 1.82) is 0 Å². The van der Waals surface area contributed by atoms with Gasteiger partial charge >= 0.3 is 0 Å². The summed E-state index contributed by atoms with van der Waals surface area (Å²) in [6.07, 6.45) is 5.88. The fourth-order valence-electron chi connectivity index (χ4n) is 1.81. The highest BCUT2D eigenvalue weighted by molar-refractivity contribution is 9.10. The number of rotatable bonds is 1. The average molecular weight is 265 g/mol. The first-order valence-corrected chi connectivity index (χ1v) is 6.04. The van der Waals surface area contributed by atoms with Gasteiger partial charge in [0.05, 0.1) is 0 Å². The topological polar surface area (TPSA) is 17.1 Å². The molecule has 0 heterocycles. The van der Waals surface area contributed by atoms with Crippen LogP contribution in [-0.4, -0.2) is 5.78 Å². The van der Waals surface area contributed by atoms with Crippen LogP contribution in [0, 0.1) is 0 Å². The Bertz CT molecular complexity index is 390. The van der Waals surface area contributed by atoms with Crippen molar-refractivity contribution in [3.05, 3.63) is 39.9 Å². The van der Waals surface area contributed by atoms with Crippen molar-refractivity contribution in [3.8, 4) is 0 Å². The fraction of sp³-hybridized carbons (Fsp3) is 0.308. The minimum absolute atomic E-state index is 0.323. The summed E-state index contributed by atoms with van der Waals surface area (Å²) in [7, 11) is 0. The summed E-state index contributed by atoms with van der Waals surface area (Å²) in [6.45, 7) is 0. The Morgan fingerprint density at radius 1 is 1.07 bits per heavy atom. The van der Waals surface area contributed by atoms with Crippen molar-refractivity contribution in [2.24, 2.45) is 0 Å². The lowest BCUT2D eigenvalue weighted by molar-refractivity contribution is -0.116. The number of carbonyl (C=O) groups excluding carboxylic acids is 1. The van der Waals surface area contributed by atoms with Crippen molar-refractivity contribution in [2.75, 3.05) is 0 Å². The largest absolute Gasteiger partial charge is 0.295 e. The molecule has 0 aliphatic heterocycles. The van der Waals surface area contributed by atoms with Gasteiger partial charge < -0.3 is 0 Å². The van der Waals surface area contributed by atoms with Crippen molar-refractivity contribution in [3.63, 3.8) is 0 Å². The molecule has 1 aromatic carbocycles. The van der Waals surface area contributed by atoms with Crippen LogP contribution in [0.15, 0.2) is 34.3 Å². The van der Waals surface area contributed by atoms with Gasteiger partial charge in [-0.2, -0.15) is 0 Å². The molecule has 0 unspecified atom stereocenters.